The van der Waals surface area contributed by atoms with Gasteiger partial charge in [-0.1, -0.05) is 12.2 Å². The van der Waals surface area contributed by atoms with Gasteiger partial charge in [-0.15, -0.1) is 0 Å². The Hall–Kier alpha value is 1.30. The van der Waals surface area contributed by atoms with Crippen LogP contribution in [-0.2, 0) is 0 Å². The quantitative estimate of drug-likeness (QED) is 0.365. The molecule has 0 amide bonds. The van der Waals surface area contributed by atoms with Crippen LogP contribution in [-0.4, -0.2) is 74.8 Å². The van der Waals surface area contributed by atoms with E-state index in [1.54, 1.807) is 0 Å². The summed E-state index contributed by atoms with van der Waals surface area (Å²) in [6.45, 7) is 0.0289. The maximum atomic E-state index is 8.00. The van der Waals surface area contributed by atoms with Crippen molar-refractivity contribution < 1.29 is 10.2 Å². The molecule has 7 heavy (non-hydrogen) atoms. The Labute approximate surface area is 85.7 Å². The minimum atomic E-state index is 0. The third-order valence-corrected chi connectivity index (χ3v) is 0.377. The molecule has 0 aliphatic rings. The Kier molecular flexibility index (Phi) is 16.4. The topological polar surface area (TPSA) is 40.5 Å². The van der Waals surface area contributed by atoms with Crippen LogP contribution in [0.15, 0.2) is 12.2 Å². The summed E-state index contributed by atoms with van der Waals surface area (Å²) in [6, 6.07) is 0. The van der Waals surface area contributed by atoms with Crippen molar-refractivity contribution in [1.29, 1.82) is 0 Å². The zero-order chi connectivity index (χ0) is 4.83. The van der Waals surface area contributed by atoms with E-state index in [1.165, 1.54) is 12.2 Å². The normalized spacial score (nSPS) is 8.86. The molecule has 3 heteroatoms. The molecule has 0 radical (unpaired) electrons. The average Bonchev–Trinajstić information content (AvgIpc) is 1.61. The molecule has 0 saturated heterocycles. The van der Waals surface area contributed by atoms with Crippen molar-refractivity contribution in [2.24, 2.45) is 0 Å². The van der Waals surface area contributed by atoms with Crippen LogP contribution in [0.2, 0.25) is 0 Å². The summed E-state index contributed by atoms with van der Waals surface area (Å²) in [5.41, 5.74) is 0. The molecule has 0 aromatic heterocycles. The molecule has 0 spiro atoms. The van der Waals surface area contributed by atoms with E-state index in [0.29, 0.717) is 0 Å². The van der Waals surface area contributed by atoms with Gasteiger partial charge in [0.1, 0.15) is 0 Å². The fourth-order valence-corrected chi connectivity index (χ4v) is 0.149. The Bertz CT molecular complexity index is 39.0. The average molecular weight is 128 g/mol. The Morgan fingerprint density at radius 2 is 1.29 bits per heavy atom. The van der Waals surface area contributed by atoms with Gasteiger partial charge in [-0.05, 0) is 0 Å². The molecule has 2 N–H and O–H groups in total. The first kappa shape index (κ1) is 11.1. The molecule has 2 nitrogen and oxygen atoms in total. The van der Waals surface area contributed by atoms with E-state index in [-0.39, 0.29) is 64.6 Å². The van der Waals surface area contributed by atoms with E-state index in [4.69, 9.17) is 10.2 Å². The van der Waals surface area contributed by atoms with Crippen molar-refractivity contribution in [3.63, 3.8) is 0 Å². The van der Waals surface area contributed by atoms with Crippen molar-refractivity contribution in [3.8, 4) is 0 Å². The number of rotatable bonds is 2. The summed E-state index contributed by atoms with van der Waals surface area (Å²) < 4.78 is 0. The summed E-state index contributed by atoms with van der Waals surface area (Å²) >= 11 is 0. The van der Waals surface area contributed by atoms with E-state index in [1.807, 2.05) is 0 Å². The second-order valence-electron chi connectivity index (χ2n) is 0.837. The van der Waals surface area contributed by atoms with Crippen LogP contribution in [0, 0.1) is 0 Å². The molecular weight excluding hydrogens is 119 g/mol. The molecule has 0 aromatic rings. The first-order valence-corrected chi connectivity index (χ1v) is 1.78. The first-order valence-electron chi connectivity index (χ1n) is 1.78. The summed E-state index contributed by atoms with van der Waals surface area (Å²) in [4.78, 5) is 0. The van der Waals surface area contributed by atoms with Gasteiger partial charge in [-0.25, -0.2) is 0 Å². The summed E-state index contributed by atoms with van der Waals surface area (Å²) in [7, 11) is 0. The van der Waals surface area contributed by atoms with E-state index < -0.39 is 0 Å². The van der Waals surface area contributed by atoms with E-state index in [2.05, 4.69) is 0 Å². The van der Waals surface area contributed by atoms with Gasteiger partial charge in [0.2, 0.25) is 0 Å². The number of aliphatic hydroxyl groups excluding tert-OH is 2. The van der Waals surface area contributed by atoms with Gasteiger partial charge in [-0.3, -0.25) is 0 Å². The summed E-state index contributed by atoms with van der Waals surface area (Å²) in [6.07, 6.45) is 2.97. The summed E-state index contributed by atoms with van der Waals surface area (Å²) in [5.74, 6) is 0. The Balaban J connectivity index is 0. The van der Waals surface area contributed by atoms with Crippen LogP contribution in [0.4, 0.5) is 0 Å². The molecule has 0 aliphatic heterocycles. The third kappa shape index (κ3) is 11.1. The number of hydrogen-bond donors (Lipinski definition) is 2. The van der Waals surface area contributed by atoms with Gasteiger partial charge in [-0.2, -0.15) is 0 Å². The van der Waals surface area contributed by atoms with Crippen molar-refractivity contribution >= 4 is 51.4 Å². The van der Waals surface area contributed by atoms with Crippen LogP contribution in [0.25, 0.3) is 0 Å². The molecule has 0 aromatic carbocycles. The minimum absolute atomic E-state index is 0. The Morgan fingerprint density at radius 3 is 1.43 bits per heavy atom. The van der Waals surface area contributed by atoms with Gasteiger partial charge in [0.25, 0.3) is 0 Å². The maximum absolute atomic E-state index is 8.00. The zero-order valence-electron chi connectivity index (χ0n) is 3.46. The fourth-order valence-electron chi connectivity index (χ4n) is 0.149. The van der Waals surface area contributed by atoms with E-state index in [9.17, 15) is 0 Å². The molecule has 0 heterocycles. The predicted octanol–water partition coefficient (Wildman–Crippen LogP) is -1.12. The monoisotopic (exact) mass is 128 g/mol. The van der Waals surface area contributed by atoms with Gasteiger partial charge >= 0.3 is 51.4 Å². The van der Waals surface area contributed by atoms with Crippen LogP contribution in [0.3, 0.4) is 0 Å². The molecule has 38 valence electrons. The molecule has 0 fully saturated rings. The molecule has 0 atom stereocenters. The molecule has 0 rings (SSSR count). The zero-order valence-corrected chi connectivity index (χ0v) is 3.46. The molecular formula is C4H9KO2. The number of aliphatic hydroxyl groups is 2. The van der Waals surface area contributed by atoms with Gasteiger partial charge in [0.15, 0.2) is 0 Å². The second-order valence-corrected chi connectivity index (χ2v) is 0.837. The van der Waals surface area contributed by atoms with E-state index >= 15 is 0 Å². The third-order valence-electron chi connectivity index (χ3n) is 0.377. The summed E-state index contributed by atoms with van der Waals surface area (Å²) in [5, 5.41) is 16.0. The molecule has 0 bridgehead atoms. The van der Waals surface area contributed by atoms with Crippen molar-refractivity contribution in [2.75, 3.05) is 13.2 Å². The first-order chi connectivity index (χ1) is 2.91. The van der Waals surface area contributed by atoms with Gasteiger partial charge in [0.05, 0.1) is 13.2 Å². The molecule has 0 unspecified atom stereocenters. The fraction of sp³-hybridized carbons (Fsp3) is 0.500. The molecule has 0 saturated carbocycles. The second kappa shape index (κ2) is 10.3. The van der Waals surface area contributed by atoms with Crippen LogP contribution >= 0.6 is 0 Å². The SMILES string of the molecule is OCC=CCO.[KH]. The van der Waals surface area contributed by atoms with Crippen molar-refractivity contribution in [1.82, 2.24) is 0 Å². The van der Waals surface area contributed by atoms with Gasteiger partial charge < -0.3 is 10.2 Å². The predicted molar refractivity (Wildman–Crippen MR) is 30.5 cm³/mol. The van der Waals surface area contributed by atoms with Crippen LogP contribution < -0.4 is 0 Å². The van der Waals surface area contributed by atoms with Gasteiger partial charge in [0, 0.05) is 0 Å². The van der Waals surface area contributed by atoms with Crippen LogP contribution in [0.1, 0.15) is 0 Å². The van der Waals surface area contributed by atoms with E-state index in [0.717, 1.165) is 0 Å². The van der Waals surface area contributed by atoms with Crippen molar-refractivity contribution in [2.45, 2.75) is 0 Å². The molecule has 0 aliphatic carbocycles. The van der Waals surface area contributed by atoms with Crippen LogP contribution in [0.5, 0.6) is 0 Å². The van der Waals surface area contributed by atoms with Crippen molar-refractivity contribution in [3.05, 3.63) is 12.2 Å². The standard InChI is InChI=1S/C4H8O2.K.H/c5-3-1-2-4-6;;/h1-2,5-6H,3-4H2;;. The number of hydrogen-bond acceptors (Lipinski definition) is 2. The Morgan fingerprint density at radius 1 is 1.00 bits per heavy atom.